The number of methoxy groups -OCH3 is 1. The highest BCUT2D eigenvalue weighted by atomic mass is 19.1. The SMILES string of the molecule is COc1c(OC(C)C)cccc1C(F)N=C=O. The van der Waals surface area contributed by atoms with Crippen LogP contribution in [0.25, 0.3) is 0 Å². The number of ether oxygens (including phenoxy) is 2. The molecule has 1 aromatic carbocycles. The van der Waals surface area contributed by atoms with Gasteiger partial charge in [0.15, 0.2) is 11.5 Å². The summed E-state index contributed by atoms with van der Waals surface area (Å²) in [6.07, 6.45) is -0.675. The van der Waals surface area contributed by atoms with Crippen LogP contribution in [0.15, 0.2) is 23.2 Å². The Balaban J connectivity index is 3.17. The number of carbonyl (C=O) groups excluding carboxylic acids is 1. The van der Waals surface area contributed by atoms with E-state index in [2.05, 4.69) is 4.99 Å². The summed E-state index contributed by atoms with van der Waals surface area (Å²) in [7, 11) is 1.41. The Labute approximate surface area is 99.1 Å². The smallest absolute Gasteiger partial charge is 0.238 e. The number of nitrogens with zero attached hydrogens (tertiary/aromatic N) is 1. The first-order valence-corrected chi connectivity index (χ1v) is 5.14. The van der Waals surface area contributed by atoms with Crippen LogP contribution in [0.5, 0.6) is 11.5 Å². The fourth-order valence-corrected chi connectivity index (χ4v) is 1.40. The molecule has 0 saturated carbocycles. The fourth-order valence-electron chi connectivity index (χ4n) is 1.40. The molecule has 0 aromatic heterocycles. The summed E-state index contributed by atoms with van der Waals surface area (Å²) in [5, 5.41) is 0. The van der Waals surface area contributed by atoms with Gasteiger partial charge < -0.3 is 9.47 Å². The summed E-state index contributed by atoms with van der Waals surface area (Å²) < 4.78 is 24.1. The maximum Gasteiger partial charge on any atom is 0.238 e. The number of alkyl halides is 1. The van der Waals surface area contributed by atoms with Crippen LogP contribution >= 0.6 is 0 Å². The minimum atomic E-state index is -1.79. The second-order valence-electron chi connectivity index (χ2n) is 3.60. The van der Waals surface area contributed by atoms with Gasteiger partial charge in [-0.05, 0) is 19.9 Å². The molecule has 1 rings (SSSR count). The molecule has 92 valence electrons. The van der Waals surface area contributed by atoms with E-state index in [1.807, 2.05) is 13.8 Å². The number of benzene rings is 1. The van der Waals surface area contributed by atoms with Crippen LogP contribution in [0.3, 0.4) is 0 Å². The van der Waals surface area contributed by atoms with Crippen molar-refractivity contribution >= 4 is 6.08 Å². The molecule has 1 atom stereocenters. The van der Waals surface area contributed by atoms with Crippen molar-refractivity contribution in [3.8, 4) is 11.5 Å². The van der Waals surface area contributed by atoms with E-state index in [0.29, 0.717) is 5.75 Å². The number of hydrogen-bond acceptors (Lipinski definition) is 4. The van der Waals surface area contributed by atoms with Crippen molar-refractivity contribution < 1.29 is 18.7 Å². The lowest BCUT2D eigenvalue weighted by Gasteiger charge is -2.16. The summed E-state index contributed by atoms with van der Waals surface area (Å²) in [5.41, 5.74) is 0.147. The van der Waals surface area contributed by atoms with E-state index in [4.69, 9.17) is 9.47 Å². The molecule has 0 aliphatic rings. The van der Waals surface area contributed by atoms with Gasteiger partial charge in [-0.15, -0.1) is 0 Å². The Morgan fingerprint density at radius 1 is 1.41 bits per heavy atom. The maximum atomic E-state index is 13.5. The second kappa shape index (κ2) is 6.01. The summed E-state index contributed by atoms with van der Waals surface area (Å²) >= 11 is 0. The molecule has 0 N–H and O–H groups in total. The Hall–Kier alpha value is -1.87. The molecule has 17 heavy (non-hydrogen) atoms. The molecule has 1 unspecified atom stereocenters. The van der Waals surface area contributed by atoms with Crippen molar-refractivity contribution in [2.24, 2.45) is 4.99 Å². The predicted octanol–water partition coefficient (Wildman–Crippen LogP) is 2.79. The van der Waals surface area contributed by atoms with Gasteiger partial charge in [-0.1, -0.05) is 12.1 Å². The molecular weight excluding hydrogens is 225 g/mol. The van der Waals surface area contributed by atoms with E-state index < -0.39 is 6.30 Å². The Bertz CT molecular complexity index is 428. The largest absolute Gasteiger partial charge is 0.492 e. The molecule has 4 nitrogen and oxygen atoms in total. The first-order chi connectivity index (χ1) is 8.10. The molecule has 0 aliphatic carbocycles. The fraction of sp³-hybridized carbons (Fsp3) is 0.417. The average Bonchev–Trinajstić information content (AvgIpc) is 2.28. The molecular formula is C12H14FNO3. The van der Waals surface area contributed by atoms with Crippen molar-refractivity contribution in [3.63, 3.8) is 0 Å². The average molecular weight is 239 g/mol. The molecule has 0 radical (unpaired) electrons. The van der Waals surface area contributed by atoms with Crippen LogP contribution < -0.4 is 9.47 Å². The van der Waals surface area contributed by atoms with Crippen LogP contribution in [0.1, 0.15) is 25.7 Å². The van der Waals surface area contributed by atoms with Gasteiger partial charge in [-0.25, -0.2) is 9.18 Å². The Kier molecular flexibility index (Phi) is 4.67. The molecule has 5 heteroatoms. The monoisotopic (exact) mass is 239 g/mol. The number of para-hydroxylation sites is 1. The van der Waals surface area contributed by atoms with Crippen molar-refractivity contribution in [3.05, 3.63) is 23.8 Å². The molecule has 0 saturated heterocycles. The highest BCUT2D eigenvalue weighted by Gasteiger charge is 2.18. The lowest BCUT2D eigenvalue weighted by atomic mass is 10.1. The van der Waals surface area contributed by atoms with Gasteiger partial charge in [0.25, 0.3) is 0 Å². The molecule has 1 aromatic rings. The van der Waals surface area contributed by atoms with Crippen LogP contribution in [0.2, 0.25) is 0 Å². The zero-order chi connectivity index (χ0) is 12.8. The molecule has 0 aliphatic heterocycles. The maximum absolute atomic E-state index is 13.5. The van der Waals surface area contributed by atoms with Gasteiger partial charge in [0.05, 0.1) is 18.8 Å². The van der Waals surface area contributed by atoms with Crippen molar-refractivity contribution in [2.45, 2.75) is 26.2 Å². The van der Waals surface area contributed by atoms with E-state index in [-0.39, 0.29) is 17.4 Å². The number of halogens is 1. The number of hydrogen-bond donors (Lipinski definition) is 0. The van der Waals surface area contributed by atoms with E-state index in [1.54, 1.807) is 12.1 Å². The van der Waals surface area contributed by atoms with E-state index >= 15 is 0 Å². The van der Waals surface area contributed by atoms with Crippen LogP contribution in [-0.2, 0) is 4.79 Å². The number of aliphatic imine (C=N–C) groups is 1. The normalized spacial score (nSPS) is 11.8. The van der Waals surface area contributed by atoms with Gasteiger partial charge in [-0.3, -0.25) is 0 Å². The topological polar surface area (TPSA) is 47.9 Å². The molecule has 0 fully saturated rings. The Morgan fingerprint density at radius 2 is 2.12 bits per heavy atom. The molecule has 0 bridgehead atoms. The van der Waals surface area contributed by atoms with Crippen LogP contribution in [0.4, 0.5) is 4.39 Å². The minimum absolute atomic E-state index is 0.0632. The quantitative estimate of drug-likeness (QED) is 0.451. The van der Waals surface area contributed by atoms with Gasteiger partial charge in [0.2, 0.25) is 12.4 Å². The molecule has 0 heterocycles. The van der Waals surface area contributed by atoms with Gasteiger partial charge >= 0.3 is 0 Å². The van der Waals surface area contributed by atoms with Gasteiger partial charge in [-0.2, -0.15) is 4.99 Å². The zero-order valence-electron chi connectivity index (χ0n) is 9.94. The summed E-state index contributed by atoms with van der Waals surface area (Å²) in [6.45, 7) is 3.70. The lowest BCUT2D eigenvalue weighted by molar-refractivity contribution is 0.227. The summed E-state index contributed by atoms with van der Waals surface area (Å²) in [6, 6.07) is 4.76. The third-order valence-corrected chi connectivity index (χ3v) is 2.00. The highest BCUT2D eigenvalue weighted by Crippen LogP contribution is 2.37. The third kappa shape index (κ3) is 3.29. The first kappa shape index (κ1) is 13.2. The standard InChI is InChI=1S/C12H14FNO3/c1-8(2)17-10-6-4-5-9(11(10)16-3)12(13)14-7-15/h4-6,8,12H,1-3H3. The number of isocyanates is 1. The van der Waals surface area contributed by atoms with Crippen molar-refractivity contribution in [1.82, 2.24) is 0 Å². The van der Waals surface area contributed by atoms with E-state index in [0.717, 1.165) is 0 Å². The summed E-state index contributed by atoms with van der Waals surface area (Å²) in [4.78, 5) is 13.1. The molecule has 0 spiro atoms. The van der Waals surface area contributed by atoms with Crippen LogP contribution in [-0.4, -0.2) is 19.3 Å². The number of rotatable bonds is 5. The predicted molar refractivity (Wildman–Crippen MR) is 60.7 cm³/mol. The van der Waals surface area contributed by atoms with E-state index in [9.17, 15) is 9.18 Å². The van der Waals surface area contributed by atoms with Crippen LogP contribution in [0, 0.1) is 0 Å². The Morgan fingerprint density at radius 3 is 2.65 bits per heavy atom. The minimum Gasteiger partial charge on any atom is -0.492 e. The van der Waals surface area contributed by atoms with Gasteiger partial charge in [0.1, 0.15) is 0 Å². The van der Waals surface area contributed by atoms with E-state index in [1.165, 1.54) is 19.3 Å². The van der Waals surface area contributed by atoms with Gasteiger partial charge in [0, 0.05) is 0 Å². The molecule has 0 amide bonds. The first-order valence-electron chi connectivity index (χ1n) is 5.14. The second-order valence-corrected chi connectivity index (χ2v) is 3.60. The third-order valence-electron chi connectivity index (χ3n) is 2.00. The van der Waals surface area contributed by atoms with Crippen molar-refractivity contribution in [2.75, 3.05) is 7.11 Å². The zero-order valence-corrected chi connectivity index (χ0v) is 9.94. The highest BCUT2D eigenvalue weighted by molar-refractivity contribution is 5.48. The lowest BCUT2D eigenvalue weighted by Crippen LogP contribution is -2.07. The van der Waals surface area contributed by atoms with Crippen molar-refractivity contribution in [1.29, 1.82) is 0 Å². The summed E-state index contributed by atoms with van der Waals surface area (Å²) in [5.74, 6) is 0.663.